The highest BCUT2D eigenvalue weighted by Gasteiger charge is 2.25. The van der Waals surface area contributed by atoms with Crippen molar-refractivity contribution in [2.45, 2.75) is 51.0 Å². The van der Waals surface area contributed by atoms with E-state index in [-0.39, 0.29) is 17.2 Å². The second-order valence-corrected chi connectivity index (χ2v) is 8.87. The summed E-state index contributed by atoms with van der Waals surface area (Å²) in [6, 6.07) is 6.84. The van der Waals surface area contributed by atoms with Crippen LogP contribution >= 0.6 is 0 Å². The van der Waals surface area contributed by atoms with E-state index < -0.39 is 11.2 Å². The van der Waals surface area contributed by atoms with Gasteiger partial charge in [0, 0.05) is 28.9 Å². The van der Waals surface area contributed by atoms with Crippen LogP contribution in [0, 0.1) is 0 Å². The van der Waals surface area contributed by atoms with Crippen LogP contribution in [0.3, 0.4) is 0 Å². The molecular formula is C25H24N4O4. The second-order valence-electron chi connectivity index (χ2n) is 8.87. The van der Waals surface area contributed by atoms with Crippen LogP contribution in [0.2, 0.25) is 0 Å². The highest BCUT2D eigenvalue weighted by Crippen LogP contribution is 2.40. The molecule has 168 valence electrons. The van der Waals surface area contributed by atoms with Gasteiger partial charge in [0.25, 0.3) is 5.56 Å². The number of fused-ring (bicyclic) bond motifs is 4. The molecule has 33 heavy (non-hydrogen) atoms. The Morgan fingerprint density at radius 3 is 2.58 bits per heavy atom. The van der Waals surface area contributed by atoms with Gasteiger partial charge in [0.15, 0.2) is 11.2 Å². The molecule has 1 fully saturated rings. The first-order chi connectivity index (χ1) is 16.1. The molecule has 0 amide bonds. The van der Waals surface area contributed by atoms with Crippen molar-refractivity contribution < 1.29 is 9.52 Å². The zero-order valence-electron chi connectivity index (χ0n) is 18.1. The van der Waals surface area contributed by atoms with Gasteiger partial charge in [-0.2, -0.15) is 0 Å². The van der Waals surface area contributed by atoms with Crippen LogP contribution in [-0.4, -0.2) is 24.9 Å². The van der Waals surface area contributed by atoms with Gasteiger partial charge in [0.2, 0.25) is 11.2 Å². The Balaban J connectivity index is 1.73. The van der Waals surface area contributed by atoms with Gasteiger partial charge in [0.05, 0.1) is 16.9 Å². The van der Waals surface area contributed by atoms with Gasteiger partial charge in [-0.25, -0.2) is 0 Å². The van der Waals surface area contributed by atoms with E-state index >= 15 is 0 Å². The van der Waals surface area contributed by atoms with Crippen LogP contribution in [0.15, 0.2) is 50.7 Å². The summed E-state index contributed by atoms with van der Waals surface area (Å²) in [5.41, 5.74) is 2.44. The highest BCUT2D eigenvalue weighted by atomic mass is 16.4. The molecule has 1 aliphatic rings. The summed E-state index contributed by atoms with van der Waals surface area (Å²) in [6.07, 6.45) is 11.3. The fourth-order valence-electron chi connectivity index (χ4n) is 5.22. The third-order valence-corrected chi connectivity index (χ3v) is 6.83. The van der Waals surface area contributed by atoms with Crippen LogP contribution in [-0.2, 0) is 0 Å². The Morgan fingerprint density at radius 1 is 1.03 bits per heavy atom. The van der Waals surface area contributed by atoms with Crippen molar-refractivity contribution in [2.75, 3.05) is 0 Å². The number of rotatable bonds is 2. The molecule has 4 heterocycles. The minimum Gasteiger partial charge on any atom is -0.502 e. The molecule has 8 heteroatoms. The molecule has 1 saturated carbocycles. The number of aromatic nitrogens is 4. The van der Waals surface area contributed by atoms with Crippen LogP contribution in [0.1, 0.15) is 51.0 Å². The van der Waals surface area contributed by atoms with E-state index in [1.807, 2.05) is 10.7 Å². The lowest BCUT2D eigenvalue weighted by Crippen LogP contribution is -2.15. The quantitative estimate of drug-likeness (QED) is 0.355. The Kier molecular flexibility index (Phi) is 4.60. The summed E-state index contributed by atoms with van der Waals surface area (Å²) in [7, 11) is 0. The molecule has 1 aromatic carbocycles. The smallest absolute Gasteiger partial charge is 0.274 e. The summed E-state index contributed by atoms with van der Waals surface area (Å²) in [4.78, 5) is 33.0. The number of phenols is 1. The number of aromatic hydroxyl groups is 1. The van der Waals surface area contributed by atoms with E-state index in [9.17, 15) is 14.7 Å². The number of nitrogens with one attached hydrogen (secondary N) is 2. The van der Waals surface area contributed by atoms with Gasteiger partial charge in [-0.05, 0) is 31.0 Å². The van der Waals surface area contributed by atoms with Crippen molar-refractivity contribution in [3.05, 3.63) is 57.2 Å². The van der Waals surface area contributed by atoms with E-state index in [0.29, 0.717) is 33.1 Å². The lowest BCUT2D eigenvalue weighted by atomic mass is 9.97. The molecule has 8 nitrogen and oxygen atoms in total. The van der Waals surface area contributed by atoms with Gasteiger partial charge < -0.3 is 14.5 Å². The molecule has 6 rings (SSSR count). The van der Waals surface area contributed by atoms with Crippen molar-refractivity contribution in [2.24, 2.45) is 0 Å². The number of furan rings is 1. The molecule has 0 unspecified atom stereocenters. The lowest BCUT2D eigenvalue weighted by molar-refractivity contribution is 0.353. The van der Waals surface area contributed by atoms with Crippen LogP contribution in [0.5, 0.6) is 5.75 Å². The number of aromatic amines is 2. The molecule has 3 N–H and O–H groups in total. The fourth-order valence-corrected chi connectivity index (χ4v) is 5.22. The monoisotopic (exact) mass is 444 g/mol. The molecule has 0 spiro atoms. The average molecular weight is 444 g/mol. The molecule has 0 aliphatic heterocycles. The van der Waals surface area contributed by atoms with Crippen molar-refractivity contribution in [3.8, 4) is 16.9 Å². The van der Waals surface area contributed by atoms with Gasteiger partial charge >= 0.3 is 0 Å². The van der Waals surface area contributed by atoms with Crippen molar-refractivity contribution >= 4 is 33.1 Å². The van der Waals surface area contributed by atoms with Gasteiger partial charge in [-0.1, -0.05) is 38.2 Å². The number of nitrogens with zero attached hydrogens (tertiary/aromatic N) is 2. The van der Waals surface area contributed by atoms with Gasteiger partial charge in [-0.3, -0.25) is 24.4 Å². The molecular weight excluding hydrogens is 420 g/mol. The van der Waals surface area contributed by atoms with Crippen LogP contribution < -0.4 is 11.0 Å². The standard InChI is InChI=1S/C25H24N4O4/c30-17-11-10-16-20-23(33-22(16)21(17)31)18(14-7-6-12-26-13-14)19-24(27-20)29(28-25(19)32)15-8-4-2-1-3-5-9-15/h6-7,10-13,15,27,31H,1-5,8-9H2,(H,28,32). The van der Waals surface area contributed by atoms with Crippen molar-refractivity contribution in [1.82, 2.24) is 19.7 Å². The predicted octanol–water partition coefficient (Wildman–Crippen LogP) is 4.97. The number of benzene rings is 1. The van der Waals surface area contributed by atoms with Gasteiger partial charge in [0.1, 0.15) is 5.65 Å². The van der Waals surface area contributed by atoms with E-state index in [1.54, 1.807) is 24.5 Å². The maximum absolute atomic E-state index is 13.3. The minimum absolute atomic E-state index is 0.112. The van der Waals surface area contributed by atoms with Crippen molar-refractivity contribution in [1.29, 1.82) is 0 Å². The molecule has 0 bridgehead atoms. The summed E-state index contributed by atoms with van der Waals surface area (Å²) in [5, 5.41) is 14.5. The first-order valence-corrected chi connectivity index (χ1v) is 11.5. The van der Waals surface area contributed by atoms with E-state index in [1.165, 1.54) is 25.3 Å². The topological polar surface area (TPSA) is 117 Å². The maximum Gasteiger partial charge on any atom is 0.274 e. The molecule has 1 aliphatic carbocycles. The van der Waals surface area contributed by atoms with Crippen LogP contribution in [0.25, 0.3) is 44.2 Å². The number of pyridine rings is 2. The lowest BCUT2D eigenvalue weighted by Gasteiger charge is -2.21. The molecule has 0 atom stereocenters. The molecule has 0 radical (unpaired) electrons. The van der Waals surface area contributed by atoms with Crippen molar-refractivity contribution in [3.63, 3.8) is 0 Å². The summed E-state index contributed by atoms with van der Waals surface area (Å²) in [5.74, 6) is -0.435. The van der Waals surface area contributed by atoms with E-state index in [4.69, 9.17) is 4.42 Å². The first kappa shape index (κ1) is 19.8. The third-order valence-electron chi connectivity index (χ3n) is 6.83. The summed E-state index contributed by atoms with van der Waals surface area (Å²) in [6.45, 7) is 0. The van der Waals surface area contributed by atoms with E-state index in [0.717, 1.165) is 31.2 Å². The number of H-pyrrole nitrogens is 2. The largest absolute Gasteiger partial charge is 0.502 e. The fraction of sp³-hybridized carbons (Fsp3) is 0.320. The Morgan fingerprint density at radius 2 is 1.82 bits per heavy atom. The molecule has 4 aromatic heterocycles. The number of hydrogen-bond donors (Lipinski definition) is 3. The maximum atomic E-state index is 13.3. The minimum atomic E-state index is -0.508. The summed E-state index contributed by atoms with van der Waals surface area (Å²) >= 11 is 0. The average Bonchev–Trinajstić information content (AvgIpc) is 3.34. The first-order valence-electron chi connectivity index (χ1n) is 11.5. The second kappa shape index (κ2) is 7.65. The Hall–Kier alpha value is -3.81. The predicted molar refractivity (Wildman–Crippen MR) is 127 cm³/mol. The highest BCUT2D eigenvalue weighted by molar-refractivity contribution is 6.15. The van der Waals surface area contributed by atoms with Crippen LogP contribution in [0.4, 0.5) is 0 Å². The van der Waals surface area contributed by atoms with E-state index in [2.05, 4.69) is 15.1 Å². The Bertz CT molecular complexity index is 1600. The molecule has 0 saturated heterocycles. The molecule has 5 aromatic rings. The number of phenolic OH excluding ortho intramolecular Hbond substituents is 1. The normalized spacial score (nSPS) is 15.9. The number of hydrogen-bond acceptors (Lipinski definition) is 5. The third kappa shape index (κ3) is 3.08. The Labute approximate surface area is 187 Å². The zero-order chi connectivity index (χ0) is 22.5. The van der Waals surface area contributed by atoms with Gasteiger partial charge in [-0.15, -0.1) is 0 Å². The SMILES string of the molecule is O=c1ccc2c(oc3c(-c4cccnc4)c4c(=O)[nH]n(C5CCCCCCC5)c4[nH]c32)c1O. The summed E-state index contributed by atoms with van der Waals surface area (Å²) < 4.78 is 8.01. The zero-order valence-corrected chi connectivity index (χ0v) is 18.1.